The molecule has 0 unspecified atom stereocenters. The summed E-state index contributed by atoms with van der Waals surface area (Å²) in [5.41, 5.74) is 6.51. The maximum atomic E-state index is 5.97. The molecule has 2 heterocycles. The van der Waals surface area contributed by atoms with Crippen LogP contribution in [0.4, 0.5) is 5.69 Å². The molecular weight excluding hydrogens is 267 g/mol. The molecule has 0 saturated carbocycles. The molecule has 0 aromatic carbocycles. The molecule has 0 aliphatic carbocycles. The number of nitrogens with two attached hydrogens (primary N) is 1. The van der Waals surface area contributed by atoms with E-state index in [0.717, 1.165) is 0 Å². The summed E-state index contributed by atoms with van der Waals surface area (Å²) in [4.78, 5) is 4.28. The van der Waals surface area contributed by atoms with Crippen LogP contribution in [0.1, 0.15) is 40.3 Å². The van der Waals surface area contributed by atoms with E-state index in [0.29, 0.717) is 23.7 Å². The van der Waals surface area contributed by atoms with Crippen LogP contribution < -0.4 is 10.5 Å². The lowest BCUT2D eigenvalue weighted by Gasteiger charge is -2.32. The van der Waals surface area contributed by atoms with Gasteiger partial charge in [-0.3, -0.25) is 4.98 Å². The number of hydrogen-bond acceptors (Lipinski definition) is 5. The number of rotatable bonds is 4. The standard InChI is InChI=1S/C15H23BN2O3/c1-6-19-11-9-12(17)13(18-10-11)7-8-16-20-14(2,3)15(4,5)21-16/h7-10H,6,17H2,1-5H3/b8-7+. The van der Waals surface area contributed by atoms with Crippen LogP contribution in [0.5, 0.6) is 5.75 Å². The predicted molar refractivity (Wildman–Crippen MR) is 84.9 cm³/mol. The summed E-state index contributed by atoms with van der Waals surface area (Å²) in [6.45, 7) is 10.6. The number of pyridine rings is 1. The fourth-order valence-electron chi connectivity index (χ4n) is 1.99. The zero-order valence-electron chi connectivity index (χ0n) is 13.3. The van der Waals surface area contributed by atoms with Crippen LogP contribution >= 0.6 is 0 Å². The number of nitrogens with zero attached hydrogens (tertiary/aromatic N) is 1. The highest BCUT2D eigenvalue weighted by atomic mass is 16.7. The number of ether oxygens (including phenoxy) is 1. The minimum atomic E-state index is -0.400. The van der Waals surface area contributed by atoms with Crippen molar-refractivity contribution < 1.29 is 14.0 Å². The van der Waals surface area contributed by atoms with Gasteiger partial charge in [-0.1, -0.05) is 5.98 Å². The van der Waals surface area contributed by atoms with Gasteiger partial charge in [-0.05, 0) is 40.7 Å². The van der Waals surface area contributed by atoms with Crippen molar-refractivity contribution in [2.45, 2.75) is 45.8 Å². The molecule has 6 heteroatoms. The first-order chi connectivity index (χ1) is 9.75. The molecule has 1 fully saturated rings. The normalized spacial score (nSPS) is 20.1. The Labute approximate surface area is 126 Å². The Kier molecular flexibility index (Phi) is 4.30. The number of anilines is 1. The zero-order valence-corrected chi connectivity index (χ0v) is 13.3. The van der Waals surface area contributed by atoms with E-state index in [4.69, 9.17) is 19.8 Å². The molecule has 0 spiro atoms. The van der Waals surface area contributed by atoms with Gasteiger partial charge < -0.3 is 19.8 Å². The second-order valence-corrected chi connectivity index (χ2v) is 6.06. The molecule has 1 aliphatic heterocycles. The van der Waals surface area contributed by atoms with Crippen molar-refractivity contribution in [2.24, 2.45) is 0 Å². The molecule has 2 rings (SSSR count). The third-order valence-corrected chi connectivity index (χ3v) is 3.92. The van der Waals surface area contributed by atoms with Gasteiger partial charge >= 0.3 is 7.12 Å². The maximum absolute atomic E-state index is 5.97. The summed E-state index contributed by atoms with van der Waals surface area (Å²) in [6, 6.07) is 1.76. The largest absolute Gasteiger partial charge is 0.492 e. The van der Waals surface area contributed by atoms with Crippen LogP contribution in [0.3, 0.4) is 0 Å². The van der Waals surface area contributed by atoms with Gasteiger partial charge in [-0.15, -0.1) is 0 Å². The van der Waals surface area contributed by atoms with Gasteiger partial charge in [0, 0.05) is 6.07 Å². The third kappa shape index (κ3) is 3.39. The van der Waals surface area contributed by atoms with E-state index in [2.05, 4.69) is 4.98 Å². The van der Waals surface area contributed by atoms with E-state index in [1.165, 1.54) is 0 Å². The van der Waals surface area contributed by atoms with Crippen LogP contribution in [-0.4, -0.2) is 29.9 Å². The zero-order chi connectivity index (χ0) is 15.7. The van der Waals surface area contributed by atoms with Crippen molar-refractivity contribution in [3.05, 3.63) is 23.9 Å². The summed E-state index contributed by atoms with van der Waals surface area (Å²) in [6.07, 6.45) is 3.47. The van der Waals surface area contributed by atoms with Crippen LogP contribution in [0.15, 0.2) is 18.2 Å². The first-order valence-electron chi connectivity index (χ1n) is 7.17. The first kappa shape index (κ1) is 15.9. The van der Waals surface area contributed by atoms with Gasteiger partial charge in [-0.2, -0.15) is 0 Å². The predicted octanol–water partition coefficient (Wildman–Crippen LogP) is 2.71. The van der Waals surface area contributed by atoms with Crippen LogP contribution in [0.25, 0.3) is 6.08 Å². The highest BCUT2D eigenvalue weighted by Crippen LogP contribution is 2.37. The Morgan fingerprint density at radius 1 is 1.29 bits per heavy atom. The monoisotopic (exact) mass is 290 g/mol. The Morgan fingerprint density at radius 2 is 1.90 bits per heavy atom. The van der Waals surface area contributed by atoms with Gasteiger partial charge in [0.25, 0.3) is 0 Å². The van der Waals surface area contributed by atoms with Gasteiger partial charge in [0.05, 0.1) is 35.4 Å². The van der Waals surface area contributed by atoms with E-state index in [9.17, 15) is 0 Å². The number of aromatic nitrogens is 1. The molecule has 1 aliphatic rings. The second-order valence-electron chi connectivity index (χ2n) is 6.06. The number of nitrogen functional groups attached to an aromatic ring is 1. The van der Waals surface area contributed by atoms with E-state index in [1.54, 1.807) is 12.3 Å². The molecule has 0 amide bonds. The average molecular weight is 290 g/mol. The first-order valence-corrected chi connectivity index (χ1v) is 7.17. The van der Waals surface area contributed by atoms with Crippen LogP contribution in [0.2, 0.25) is 0 Å². The SMILES string of the molecule is CCOc1cnc(/C=C/B2OC(C)(C)C(C)(C)O2)c(N)c1. The van der Waals surface area contributed by atoms with E-state index in [1.807, 2.05) is 46.7 Å². The molecule has 114 valence electrons. The summed E-state index contributed by atoms with van der Waals surface area (Å²) in [5.74, 6) is 2.50. The summed E-state index contributed by atoms with van der Waals surface area (Å²) >= 11 is 0. The summed E-state index contributed by atoms with van der Waals surface area (Å²) < 4.78 is 17.1. The number of hydrogen-bond donors (Lipinski definition) is 1. The molecule has 0 bridgehead atoms. The van der Waals surface area contributed by atoms with E-state index < -0.39 is 7.12 Å². The van der Waals surface area contributed by atoms with Crippen molar-refractivity contribution in [2.75, 3.05) is 12.3 Å². The van der Waals surface area contributed by atoms with Crippen LogP contribution in [0, 0.1) is 0 Å². The molecule has 2 N–H and O–H groups in total. The van der Waals surface area contributed by atoms with Gasteiger partial charge in [0.1, 0.15) is 5.75 Å². The van der Waals surface area contributed by atoms with Crippen LogP contribution in [-0.2, 0) is 9.31 Å². The topological polar surface area (TPSA) is 66.6 Å². The fraction of sp³-hybridized carbons (Fsp3) is 0.533. The van der Waals surface area contributed by atoms with Crippen molar-refractivity contribution in [1.82, 2.24) is 4.98 Å². The fourth-order valence-corrected chi connectivity index (χ4v) is 1.99. The third-order valence-electron chi connectivity index (χ3n) is 3.92. The lowest BCUT2D eigenvalue weighted by Crippen LogP contribution is -2.41. The lowest BCUT2D eigenvalue weighted by atomic mass is 9.89. The molecule has 0 radical (unpaired) electrons. The van der Waals surface area contributed by atoms with Gasteiger partial charge in [-0.25, -0.2) is 0 Å². The lowest BCUT2D eigenvalue weighted by molar-refractivity contribution is 0.00578. The molecule has 1 aromatic heterocycles. The minimum absolute atomic E-state index is 0.347. The van der Waals surface area contributed by atoms with Crippen molar-refractivity contribution in [1.29, 1.82) is 0 Å². The maximum Gasteiger partial charge on any atom is 0.487 e. The molecule has 5 nitrogen and oxygen atoms in total. The quantitative estimate of drug-likeness (QED) is 0.864. The summed E-state index contributed by atoms with van der Waals surface area (Å²) in [5, 5.41) is 0. The average Bonchev–Trinajstić information content (AvgIpc) is 2.57. The van der Waals surface area contributed by atoms with Crippen molar-refractivity contribution >= 4 is 18.9 Å². The summed E-state index contributed by atoms with van der Waals surface area (Å²) in [7, 11) is -0.400. The van der Waals surface area contributed by atoms with Gasteiger partial charge in [0.15, 0.2) is 0 Å². The van der Waals surface area contributed by atoms with Crippen molar-refractivity contribution in [3.8, 4) is 5.75 Å². The molecule has 1 aromatic rings. The smallest absolute Gasteiger partial charge is 0.487 e. The van der Waals surface area contributed by atoms with E-state index in [-0.39, 0.29) is 11.2 Å². The van der Waals surface area contributed by atoms with Gasteiger partial charge in [0.2, 0.25) is 0 Å². The minimum Gasteiger partial charge on any atom is -0.492 e. The molecule has 1 saturated heterocycles. The Morgan fingerprint density at radius 3 is 2.43 bits per heavy atom. The molecule has 0 atom stereocenters. The second kappa shape index (κ2) is 5.69. The Hall–Kier alpha value is -1.53. The highest BCUT2D eigenvalue weighted by Gasteiger charge is 2.50. The van der Waals surface area contributed by atoms with E-state index >= 15 is 0 Å². The molecular formula is C15H23BN2O3. The molecule has 21 heavy (non-hydrogen) atoms. The highest BCUT2D eigenvalue weighted by molar-refractivity contribution is 6.52. The van der Waals surface area contributed by atoms with Crippen molar-refractivity contribution in [3.63, 3.8) is 0 Å². The Balaban J connectivity index is 2.09. The Bertz CT molecular complexity index is 528.